The van der Waals surface area contributed by atoms with Crippen LogP contribution in [-0.4, -0.2) is 55.3 Å². The normalized spacial score (nSPS) is 27.0. The van der Waals surface area contributed by atoms with E-state index in [0.29, 0.717) is 12.2 Å². The van der Waals surface area contributed by atoms with Crippen molar-refractivity contribution in [3.63, 3.8) is 0 Å². The van der Waals surface area contributed by atoms with Crippen molar-refractivity contribution in [1.29, 1.82) is 0 Å². The van der Waals surface area contributed by atoms with Gasteiger partial charge in [0.2, 0.25) is 0 Å². The van der Waals surface area contributed by atoms with E-state index in [2.05, 4.69) is 10.9 Å². The third-order valence-corrected chi connectivity index (χ3v) is 3.70. The lowest BCUT2D eigenvalue weighted by Crippen LogP contribution is -2.39. The van der Waals surface area contributed by atoms with Crippen molar-refractivity contribution < 1.29 is 18.9 Å². The predicted molar refractivity (Wildman–Crippen MR) is 82.8 cm³/mol. The standard InChI is InChI=1S/C15H21N3O5/c1-5-6-22-12-11(21-4)10(8-20-3)23-14(12)18-7-9(2)13(16)17-15(18)19/h1,7,10-12,14H,6,8H2,2-4H3,(H2,16,17,19)/t10-,11?,12?,14-/m1/s1. The molecule has 0 saturated carbocycles. The van der Waals surface area contributed by atoms with Gasteiger partial charge in [0.15, 0.2) is 6.23 Å². The zero-order chi connectivity index (χ0) is 17.0. The average molecular weight is 323 g/mol. The number of hydrogen-bond donors (Lipinski definition) is 1. The van der Waals surface area contributed by atoms with E-state index in [4.69, 9.17) is 31.1 Å². The van der Waals surface area contributed by atoms with Crippen molar-refractivity contribution in [1.82, 2.24) is 9.55 Å². The SMILES string of the molecule is C#CCOC1C(OC)[C@@H](COC)O[C@H]1n1cc(C)c(N)nc1=O. The minimum absolute atomic E-state index is 0.0697. The number of nitrogen functional groups attached to an aromatic ring is 1. The lowest BCUT2D eigenvalue weighted by Gasteiger charge is -2.23. The molecule has 126 valence electrons. The molecular formula is C15H21N3O5. The topological polar surface area (TPSA) is 97.8 Å². The van der Waals surface area contributed by atoms with Crippen LogP contribution in [0.3, 0.4) is 0 Å². The highest BCUT2D eigenvalue weighted by Crippen LogP contribution is 2.33. The molecule has 4 atom stereocenters. The van der Waals surface area contributed by atoms with Crippen LogP contribution in [0, 0.1) is 19.3 Å². The zero-order valence-corrected chi connectivity index (χ0v) is 13.4. The molecule has 2 N–H and O–H groups in total. The second-order valence-corrected chi connectivity index (χ2v) is 5.20. The molecule has 0 amide bonds. The van der Waals surface area contributed by atoms with Gasteiger partial charge in [0, 0.05) is 26.0 Å². The Morgan fingerprint density at radius 1 is 1.48 bits per heavy atom. The molecule has 1 fully saturated rings. The van der Waals surface area contributed by atoms with Gasteiger partial charge in [0.1, 0.15) is 30.7 Å². The molecule has 8 nitrogen and oxygen atoms in total. The maximum Gasteiger partial charge on any atom is 0.351 e. The summed E-state index contributed by atoms with van der Waals surface area (Å²) < 4.78 is 23.5. The smallest absolute Gasteiger partial charge is 0.351 e. The minimum atomic E-state index is -0.729. The fraction of sp³-hybridized carbons (Fsp3) is 0.600. The van der Waals surface area contributed by atoms with Crippen LogP contribution in [0.25, 0.3) is 0 Å². The highest BCUT2D eigenvalue weighted by atomic mass is 16.6. The Labute approximate surface area is 134 Å². The molecular weight excluding hydrogens is 302 g/mol. The summed E-state index contributed by atoms with van der Waals surface area (Å²) in [5.74, 6) is 2.59. The molecule has 2 unspecified atom stereocenters. The largest absolute Gasteiger partial charge is 0.383 e. The van der Waals surface area contributed by atoms with Gasteiger partial charge in [-0.15, -0.1) is 6.42 Å². The number of nitrogens with zero attached hydrogens (tertiary/aromatic N) is 2. The highest BCUT2D eigenvalue weighted by Gasteiger charge is 2.47. The molecule has 0 spiro atoms. The van der Waals surface area contributed by atoms with Crippen molar-refractivity contribution in [3.05, 3.63) is 22.2 Å². The maximum absolute atomic E-state index is 12.2. The van der Waals surface area contributed by atoms with E-state index >= 15 is 0 Å². The van der Waals surface area contributed by atoms with Crippen LogP contribution in [0.5, 0.6) is 0 Å². The van der Waals surface area contributed by atoms with Gasteiger partial charge in [-0.25, -0.2) is 4.79 Å². The molecule has 0 aromatic carbocycles. The fourth-order valence-electron chi connectivity index (χ4n) is 2.60. The number of nitrogens with two attached hydrogens (primary N) is 1. The van der Waals surface area contributed by atoms with Crippen molar-refractivity contribution in [2.75, 3.05) is 33.2 Å². The van der Waals surface area contributed by atoms with E-state index in [9.17, 15) is 4.79 Å². The van der Waals surface area contributed by atoms with Gasteiger partial charge in [0.25, 0.3) is 0 Å². The summed E-state index contributed by atoms with van der Waals surface area (Å²) in [5.41, 5.74) is 5.80. The van der Waals surface area contributed by atoms with E-state index in [1.54, 1.807) is 27.3 Å². The number of ether oxygens (including phenoxy) is 4. The zero-order valence-electron chi connectivity index (χ0n) is 13.4. The van der Waals surface area contributed by atoms with Gasteiger partial charge in [-0.2, -0.15) is 4.98 Å². The van der Waals surface area contributed by atoms with Crippen molar-refractivity contribution in [2.24, 2.45) is 0 Å². The number of aromatic nitrogens is 2. The van der Waals surface area contributed by atoms with Crippen LogP contribution in [-0.2, 0) is 18.9 Å². The van der Waals surface area contributed by atoms with Crippen molar-refractivity contribution in [2.45, 2.75) is 31.5 Å². The summed E-state index contributed by atoms with van der Waals surface area (Å²) in [5, 5.41) is 0. The average Bonchev–Trinajstić information content (AvgIpc) is 2.86. The summed E-state index contributed by atoms with van der Waals surface area (Å²) >= 11 is 0. The predicted octanol–water partition coefficient (Wildman–Crippen LogP) is -0.289. The second-order valence-electron chi connectivity index (χ2n) is 5.20. The van der Waals surface area contributed by atoms with Crippen LogP contribution < -0.4 is 11.4 Å². The molecule has 2 heterocycles. The van der Waals surface area contributed by atoms with E-state index in [-0.39, 0.29) is 12.4 Å². The number of terminal acetylenes is 1. The Balaban J connectivity index is 2.39. The quantitative estimate of drug-likeness (QED) is 0.718. The molecule has 2 rings (SSSR count). The number of hydrogen-bond acceptors (Lipinski definition) is 7. The first-order chi connectivity index (χ1) is 11.0. The van der Waals surface area contributed by atoms with Crippen LogP contribution in [0.2, 0.25) is 0 Å². The molecule has 1 aliphatic heterocycles. The monoisotopic (exact) mass is 323 g/mol. The van der Waals surface area contributed by atoms with Crippen molar-refractivity contribution in [3.8, 4) is 12.3 Å². The molecule has 1 saturated heterocycles. The third kappa shape index (κ3) is 3.54. The van der Waals surface area contributed by atoms with Crippen LogP contribution in [0.1, 0.15) is 11.8 Å². The highest BCUT2D eigenvalue weighted by molar-refractivity contribution is 5.35. The summed E-state index contributed by atoms with van der Waals surface area (Å²) in [7, 11) is 3.10. The van der Waals surface area contributed by atoms with Crippen LogP contribution in [0.15, 0.2) is 11.0 Å². The third-order valence-electron chi connectivity index (χ3n) is 3.70. The molecule has 1 aromatic rings. The Kier molecular flexibility index (Phi) is 5.74. The molecule has 23 heavy (non-hydrogen) atoms. The minimum Gasteiger partial charge on any atom is -0.383 e. The van der Waals surface area contributed by atoms with Gasteiger partial charge < -0.3 is 24.7 Å². The molecule has 1 aliphatic rings. The molecule has 1 aromatic heterocycles. The lowest BCUT2D eigenvalue weighted by atomic mass is 10.1. The Hall–Kier alpha value is -1.92. The maximum atomic E-state index is 12.2. The summed E-state index contributed by atoms with van der Waals surface area (Å²) in [4.78, 5) is 16.0. The Morgan fingerprint density at radius 3 is 2.83 bits per heavy atom. The van der Waals surface area contributed by atoms with Crippen LogP contribution in [0.4, 0.5) is 5.82 Å². The molecule has 0 aliphatic carbocycles. The number of rotatable bonds is 6. The Morgan fingerprint density at radius 2 is 2.22 bits per heavy atom. The molecule has 0 bridgehead atoms. The second kappa shape index (κ2) is 7.57. The van der Waals surface area contributed by atoms with Gasteiger partial charge in [0.05, 0.1) is 6.61 Å². The van der Waals surface area contributed by atoms with Crippen LogP contribution >= 0.6 is 0 Å². The Bertz CT molecular complexity index is 639. The van der Waals surface area contributed by atoms with Gasteiger partial charge in [-0.3, -0.25) is 4.57 Å². The number of anilines is 1. The van der Waals surface area contributed by atoms with E-state index < -0.39 is 30.2 Å². The summed E-state index contributed by atoms with van der Waals surface area (Å²) in [6, 6.07) is 0. The van der Waals surface area contributed by atoms with Gasteiger partial charge >= 0.3 is 5.69 Å². The number of methoxy groups -OCH3 is 2. The summed E-state index contributed by atoms with van der Waals surface area (Å²) in [6.45, 7) is 2.12. The lowest BCUT2D eigenvalue weighted by molar-refractivity contribution is -0.0710. The van der Waals surface area contributed by atoms with Gasteiger partial charge in [-0.1, -0.05) is 5.92 Å². The first kappa shape index (κ1) is 17.4. The summed E-state index contributed by atoms with van der Waals surface area (Å²) in [6.07, 6.45) is 4.72. The molecule has 0 radical (unpaired) electrons. The van der Waals surface area contributed by atoms with Crippen molar-refractivity contribution >= 4 is 5.82 Å². The first-order valence-electron chi connectivity index (χ1n) is 7.11. The molecule has 8 heteroatoms. The van der Waals surface area contributed by atoms with E-state index in [1.807, 2.05) is 0 Å². The van der Waals surface area contributed by atoms with Gasteiger partial charge in [-0.05, 0) is 6.92 Å². The number of aryl methyl sites for hydroxylation is 1. The fourth-order valence-corrected chi connectivity index (χ4v) is 2.60. The van der Waals surface area contributed by atoms with E-state index in [1.165, 1.54) is 4.57 Å². The van der Waals surface area contributed by atoms with E-state index in [0.717, 1.165) is 0 Å². The first-order valence-corrected chi connectivity index (χ1v) is 7.11.